The van der Waals surface area contributed by atoms with E-state index in [2.05, 4.69) is 15.5 Å². The number of benzene rings is 1. The van der Waals surface area contributed by atoms with Crippen molar-refractivity contribution in [3.63, 3.8) is 0 Å². The standard InChI is InChI=1S/C14H20FN3O/c1-2-18(11-7-8-16-9-11)10-14(19)17-13-6-4-3-5-12(13)15/h3-6,11,16H,2,7-10H2,1H3,(H,17,19). The Morgan fingerprint density at radius 3 is 2.95 bits per heavy atom. The van der Waals surface area contributed by atoms with Crippen molar-refractivity contribution in [3.8, 4) is 0 Å². The van der Waals surface area contributed by atoms with Crippen LogP contribution in [0.3, 0.4) is 0 Å². The molecule has 0 radical (unpaired) electrons. The first kappa shape index (κ1) is 14.0. The molecule has 1 aromatic carbocycles. The van der Waals surface area contributed by atoms with Gasteiger partial charge >= 0.3 is 0 Å². The highest BCUT2D eigenvalue weighted by Gasteiger charge is 2.22. The molecule has 0 spiro atoms. The van der Waals surface area contributed by atoms with Crippen molar-refractivity contribution in [1.29, 1.82) is 0 Å². The average molecular weight is 265 g/mol. The maximum Gasteiger partial charge on any atom is 0.238 e. The van der Waals surface area contributed by atoms with E-state index in [4.69, 9.17) is 0 Å². The van der Waals surface area contributed by atoms with Gasteiger partial charge in [-0.25, -0.2) is 4.39 Å². The van der Waals surface area contributed by atoms with Crippen LogP contribution in [0.4, 0.5) is 10.1 Å². The zero-order valence-corrected chi connectivity index (χ0v) is 11.2. The predicted octanol–water partition coefficient (Wildman–Crippen LogP) is 1.45. The highest BCUT2D eigenvalue weighted by Crippen LogP contribution is 2.13. The van der Waals surface area contributed by atoms with Crippen LogP contribution in [0.1, 0.15) is 13.3 Å². The number of para-hydroxylation sites is 1. The lowest BCUT2D eigenvalue weighted by Gasteiger charge is -2.26. The van der Waals surface area contributed by atoms with E-state index in [0.29, 0.717) is 12.6 Å². The summed E-state index contributed by atoms with van der Waals surface area (Å²) in [6.45, 7) is 5.07. The van der Waals surface area contributed by atoms with Gasteiger partial charge in [0.05, 0.1) is 12.2 Å². The number of amides is 1. The van der Waals surface area contributed by atoms with Gasteiger partial charge in [-0.2, -0.15) is 0 Å². The molecule has 2 rings (SSSR count). The summed E-state index contributed by atoms with van der Waals surface area (Å²) in [6, 6.07) is 6.62. The number of hydrogen-bond donors (Lipinski definition) is 2. The Balaban J connectivity index is 1.91. The van der Waals surface area contributed by atoms with Crippen LogP contribution in [0.15, 0.2) is 24.3 Å². The van der Waals surface area contributed by atoms with Gasteiger partial charge < -0.3 is 10.6 Å². The molecule has 1 heterocycles. The Labute approximate surface area is 113 Å². The molecule has 5 heteroatoms. The molecule has 0 aromatic heterocycles. The fraction of sp³-hybridized carbons (Fsp3) is 0.500. The molecule has 1 saturated heterocycles. The number of carbonyl (C=O) groups is 1. The highest BCUT2D eigenvalue weighted by atomic mass is 19.1. The summed E-state index contributed by atoms with van der Waals surface area (Å²) in [4.78, 5) is 14.1. The Bertz CT molecular complexity index is 432. The van der Waals surface area contributed by atoms with Crippen molar-refractivity contribution in [3.05, 3.63) is 30.1 Å². The summed E-state index contributed by atoms with van der Waals surface area (Å²) in [5.74, 6) is -0.569. The van der Waals surface area contributed by atoms with Gasteiger partial charge in [-0.3, -0.25) is 9.69 Å². The summed E-state index contributed by atoms with van der Waals surface area (Å²) >= 11 is 0. The molecule has 1 aromatic rings. The molecule has 1 atom stereocenters. The molecule has 4 nitrogen and oxygen atoms in total. The number of nitrogens with zero attached hydrogens (tertiary/aromatic N) is 1. The Kier molecular flexibility index (Phi) is 4.87. The fourth-order valence-corrected chi connectivity index (χ4v) is 2.39. The van der Waals surface area contributed by atoms with Gasteiger partial charge in [-0.15, -0.1) is 0 Å². The minimum atomic E-state index is -0.401. The van der Waals surface area contributed by atoms with Crippen molar-refractivity contribution >= 4 is 11.6 Å². The fourth-order valence-electron chi connectivity index (χ4n) is 2.39. The van der Waals surface area contributed by atoms with Crippen LogP contribution in [0.25, 0.3) is 0 Å². The van der Waals surface area contributed by atoms with Gasteiger partial charge in [-0.05, 0) is 31.6 Å². The Morgan fingerprint density at radius 1 is 1.53 bits per heavy atom. The van der Waals surface area contributed by atoms with E-state index < -0.39 is 5.82 Å². The van der Waals surface area contributed by atoms with Crippen LogP contribution in [0, 0.1) is 5.82 Å². The Hall–Kier alpha value is -1.46. The zero-order valence-electron chi connectivity index (χ0n) is 11.2. The maximum atomic E-state index is 13.4. The summed E-state index contributed by atoms with van der Waals surface area (Å²) < 4.78 is 13.4. The van der Waals surface area contributed by atoms with Gasteiger partial charge in [0, 0.05) is 12.6 Å². The van der Waals surface area contributed by atoms with Crippen LogP contribution in [-0.2, 0) is 4.79 Å². The van der Waals surface area contributed by atoms with E-state index >= 15 is 0 Å². The van der Waals surface area contributed by atoms with Gasteiger partial charge in [0.2, 0.25) is 5.91 Å². The van der Waals surface area contributed by atoms with Gasteiger partial charge in [0.25, 0.3) is 0 Å². The third-order valence-corrected chi connectivity index (χ3v) is 3.45. The number of carbonyl (C=O) groups excluding carboxylic acids is 1. The van der Waals surface area contributed by atoms with Crippen LogP contribution in [0.2, 0.25) is 0 Å². The number of halogens is 1. The minimum Gasteiger partial charge on any atom is -0.322 e. The Morgan fingerprint density at radius 2 is 2.32 bits per heavy atom. The third kappa shape index (κ3) is 3.75. The second-order valence-electron chi connectivity index (χ2n) is 4.74. The maximum absolute atomic E-state index is 13.4. The third-order valence-electron chi connectivity index (χ3n) is 3.45. The first-order valence-corrected chi connectivity index (χ1v) is 6.70. The first-order chi connectivity index (χ1) is 9.20. The molecular weight excluding hydrogens is 245 g/mol. The number of nitrogens with one attached hydrogen (secondary N) is 2. The number of anilines is 1. The SMILES string of the molecule is CCN(CC(=O)Nc1ccccc1F)C1CCNC1. The van der Waals surface area contributed by atoms with Crippen molar-refractivity contribution in [1.82, 2.24) is 10.2 Å². The summed E-state index contributed by atoms with van der Waals surface area (Å²) in [7, 11) is 0. The van der Waals surface area contributed by atoms with E-state index in [-0.39, 0.29) is 11.6 Å². The van der Waals surface area contributed by atoms with E-state index in [1.165, 1.54) is 6.07 Å². The lowest BCUT2D eigenvalue weighted by molar-refractivity contribution is -0.117. The molecule has 1 aliphatic rings. The molecule has 104 valence electrons. The number of rotatable bonds is 5. The van der Waals surface area contributed by atoms with Crippen LogP contribution in [-0.4, -0.2) is 43.0 Å². The van der Waals surface area contributed by atoms with E-state index in [1.54, 1.807) is 18.2 Å². The number of hydrogen-bond acceptors (Lipinski definition) is 3. The normalized spacial score (nSPS) is 18.8. The zero-order chi connectivity index (χ0) is 13.7. The van der Waals surface area contributed by atoms with Crippen molar-refractivity contribution in [2.45, 2.75) is 19.4 Å². The van der Waals surface area contributed by atoms with Gasteiger partial charge in [0.1, 0.15) is 5.82 Å². The van der Waals surface area contributed by atoms with E-state index in [0.717, 1.165) is 26.1 Å². The van der Waals surface area contributed by atoms with Crippen LogP contribution in [0.5, 0.6) is 0 Å². The summed E-state index contributed by atoms with van der Waals surface area (Å²) in [6.07, 6.45) is 1.06. The molecule has 19 heavy (non-hydrogen) atoms. The van der Waals surface area contributed by atoms with Gasteiger partial charge in [-0.1, -0.05) is 19.1 Å². The highest BCUT2D eigenvalue weighted by molar-refractivity contribution is 5.92. The lowest BCUT2D eigenvalue weighted by atomic mass is 10.2. The monoisotopic (exact) mass is 265 g/mol. The molecule has 2 N–H and O–H groups in total. The second kappa shape index (κ2) is 6.63. The van der Waals surface area contributed by atoms with Gasteiger partial charge in [0.15, 0.2) is 0 Å². The number of likely N-dealkylation sites (N-methyl/N-ethyl adjacent to an activating group) is 1. The molecule has 0 aliphatic carbocycles. The first-order valence-electron chi connectivity index (χ1n) is 6.70. The van der Waals surface area contributed by atoms with E-state index in [9.17, 15) is 9.18 Å². The van der Waals surface area contributed by atoms with E-state index in [1.807, 2.05) is 6.92 Å². The quantitative estimate of drug-likeness (QED) is 0.847. The average Bonchev–Trinajstić information content (AvgIpc) is 2.92. The summed E-state index contributed by atoms with van der Waals surface area (Å²) in [5.41, 5.74) is 0.244. The largest absolute Gasteiger partial charge is 0.322 e. The molecular formula is C14H20FN3O. The second-order valence-corrected chi connectivity index (χ2v) is 4.74. The van der Waals surface area contributed by atoms with Crippen LogP contribution < -0.4 is 10.6 Å². The molecule has 0 saturated carbocycles. The van der Waals surface area contributed by atoms with Crippen LogP contribution >= 0.6 is 0 Å². The minimum absolute atomic E-state index is 0.168. The smallest absolute Gasteiger partial charge is 0.238 e. The molecule has 0 bridgehead atoms. The molecule has 1 aliphatic heterocycles. The predicted molar refractivity (Wildman–Crippen MR) is 73.6 cm³/mol. The molecule has 1 fully saturated rings. The molecule has 1 amide bonds. The summed E-state index contributed by atoms with van der Waals surface area (Å²) in [5, 5.41) is 5.91. The molecule has 1 unspecified atom stereocenters. The lowest BCUT2D eigenvalue weighted by Crippen LogP contribution is -2.41. The topological polar surface area (TPSA) is 44.4 Å². The van der Waals surface area contributed by atoms with Crippen molar-refractivity contribution < 1.29 is 9.18 Å². The van der Waals surface area contributed by atoms with Crippen molar-refractivity contribution in [2.75, 3.05) is 31.5 Å². The van der Waals surface area contributed by atoms with Crippen molar-refractivity contribution in [2.24, 2.45) is 0 Å².